The summed E-state index contributed by atoms with van der Waals surface area (Å²) in [6.07, 6.45) is 2.87. The summed E-state index contributed by atoms with van der Waals surface area (Å²) in [5.74, 6) is -2.12. The van der Waals surface area contributed by atoms with E-state index in [4.69, 9.17) is 14.2 Å². The minimum absolute atomic E-state index is 0.159. The molecule has 7 heteroatoms. The Bertz CT molecular complexity index is 540. The highest BCUT2D eigenvalue weighted by Gasteiger charge is 2.43. The summed E-state index contributed by atoms with van der Waals surface area (Å²) < 4.78 is 17.1. The maximum Gasteiger partial charge on any atom is 0.326 e. The van der Waals surface area contributed by atoms with E-state index in [2.05, 4.69) is 20.1 Å². The molecule has 1 aliphatic rings. The molecule has 1 aliphatic heterocycles. The van der Waals surface area contributed by atoms with Crippen LogP contribution >= 0.6 is 0 Å². The third-order valence-electron chi connectivity index (χ3n) is 4.69. The third kappa shape index (κ3) is 5.25. The molecule has 0 bridgehead atoms. The predicted molar refractivity (Wildman–Crippen MR) is 96.0 cm³/mol. The number of rotatable bonds is 8. The molecule has 0 aromatic heterocycles. The van der Waals surface area contributed by atoms with Gasteiger partial charge < -0.3 is 14.2 Å². The molecule has 0 atom stereocenters. The molecule has 1 rings (SSSR count). The molecule has 0 N–H and O–H groups in total. The fourth-order valence-corrected chi connectivity index (χ4v) is 2.39. The van der Waals surface area contributed by atoms with Crippen LogP contribution in [0.3, 0.4) is 0 Å². The maximum atomic E-state index is 12.3. The van der Waals surface area contributed by atoms with Gasteiger partial charge in [0.05, 0.1) is 13.2 Å². The summed E-state index contributed by atoms with van der Waals surface area (Å²) in [5, 5.41) is 0. The van der Waals surface area contributed by atoms with Crippen LogP contribution in [0.1, 0.15) is 40.5 Å². The number of nitrogens with zero attached hydrogens (tertiary/aromatic N) is 1. The van der Waals surface area contributed by atoms with E-state index in [1.807, 2.05) is 20.8 Å². The molecule has 1 heterocycles. The number of carbonyl (C=O) groups excluding carboxylic acids is 3. The third-order valence-corrected chi connectivity index (χ3v) is 4.69. The van der Waals surface area contributed by atoms with Crippen molar-refractivity contribution in [3.8, 4) is 0 Å². The summed E-state index contributed by atoms with van der Waals surface area (Å²) in [5.41, 5.74) is -1.11. The van der Waals surface area contributed by atoms with Gasteiger partial charge in [-0.15, -0.1) is 0 Å². The highest BCUT2D eigenvalue weighted by atomic mass is 16.7. The van der Waals surface area contributed by atoms with Gasteiger partial charge in [0.2, 0.25) is 0 Å². The van der Waals surface area contributed by atoms with Crippen LogP contribution in [-0.2, 0) is 28.6 Å². The Labute approximate surface area is 155 Å². The number of ether oxygens (including phenoxy) is 3. The molecule has 7 nitrogen and oxygen atoms in total. The van der Waals surface area contributed by atoms with E-state index in [0.29, 0.717) is 6.42 Å². The van der Waals surface area contributed by atoms with E-state index in [1.54, 1.807) is 0 Å². The van der Waals surface area contributed by atoms with Crippen molar-refractivity contribution in [1.29, 1.82) is 0 Å². The predicted octanol–water partition coefficient (Wildman–Crippen LogP) is 2.21. The lowest BCUT2D eigenvalue weighted by Gasteiger charge is -2.43. The highest BCUT2D eigenvalue weighted by molar-refractivity contribution is 6.06. The fraction of sp³-hybridized carbons (Fsp3) is 0.632. The minimum atomic E-state index is -0.947. The topological polar surface area (TPSA) is 82.1 Å². The molecule has 1 fully saturated rings. The van der Waals surface area contributed by atoms with Crippen molar-refractivity contribution >= 4 is 17.8 Å². The average Bonchev–Trinajstić information content (AvgIpc) is 2.65. The van der Waals surface area contributed by atoms with Gasteiger partial charge in [-0.1, -0.05) is 40.9 Å². The van der Waals surface area contributed by atoms with E-state index in [0.717, 1.165) is 23.5 Å². The van der Waals surface area contributed by atoms with E-state index in [-0.39, 0.29) is 24.9 Å². The largest absolute Gasteiger partial charge is 0.453 e. The van der Waals surface area contributed by atoms with Crippen molar-refractivity contribution in [2.24, 2.45) is 5.41 Å². The van der Waals surface area contributed by atoms with Crippen LogP contribution in [0.15, 0.2) is 25.3 Å². The van der Waals surface area contributed by atoms with Gasteiger partial charge in [0.1, 0.15) is 6.54 Å². The van der Waals surface area contributed by atoms with Crippen molar-refractivity contribution in [2.45, 2.75) is 52.4 Å². The number of hydrogen-bond acceptors (Lipinski definition) is 6. The SMILES string of the molecule is C=CC(=O)N(CC(=O)OC1(CC)COC(C(C)(C)CC)OC1)C(=O)C=C. The number of carbonyl (C=O) groups is 3. The Morgan fingerprint density at radius 1 is 1.15 bits per heavy atom. The number of imide groups is 1. The Morgan fingerprint density at radius 2 is 1.65 bits per heavy atom. The van der Waals surface area contributed by atoms with Crippen molar-refractivity contribution in [1.82, 2.24) is 4.90 Å². The van der Waals surface area contributed by atoms with E-state index >= 15 is 0 Å². The molecule has 146 valence electrons. The van der Waals surface area contributed by atoms with Crippen LogP contribution in [0.5, 0.6) is 0 Å². The molecule has 0 aromatic rings. The van der Waals surface area contributed by atoms with E-state index in [1.165, 1.54) is 0 Å². The van der Waals surface area contributed by atoms with Gasteiger partial charge in [0, 0.05) is 5.41 Å². The Balaban J connectivity index is 2.77. The lowest BCUT2D eigenvalue weighted by Crippen LogP contribution is -2.54. The van der Waals surface area contributed by atoms with Crippen LogP contribution in [0.2, 0.25) is 0 Å². The van der Waals surface area contributed by atoms with Gasteiger partial charge in [-0.05, 0) is 25.0 Å². The van der Waals surface area contributed by atoms with Crippen molar-refractivity contribution in [2.75, 3.05) is 19.8 Å². The molecule has 0 saturated carbocycles. The average molecular weight is 367 g/mol. The molecular formula is C19H29NO6. The van der Waals surface area contributed by atoms with E-state index < -0.39 is 29.9 Å². The first-order valence-corrected chi connectivity index (χ1v) is 8.70. The van der Waals surface area contributed by atoms with Gasteiger partial charge in [0.25, 0.3) is 11.8 Å². The summed E-state index contributed by atoms with van der Waals surface area (Å²) in [6.45, 7) is 14.5. The molecule has 0 unspecified atom stereocenters. The number of esters is 1. The number of amides is 2. The molecule has 1 saturated heterocycles. The second kappa shape index (κ2) is 9.09. The van der Waals surface area contributed by atoms with Gasteiger partial charge in [-0.2, -0.15) is 0 Å². The Morgan fingerprint density at radius 3 is 2.04 bits per heavy atom. The van der Waals surface area contributed by atoms with Crippen LogP contribution in [0.25, 0.3) is 0 Å². The zero-order chi connectivity index (χ0) is 20.0. The van der Waals surface area contributed by atoms with Crippen LogP contribution in [-0.4, -0.2) is 54.3 Å². The zero-order valence-corrected chi connectivity index (χ0v) is 16.1. The maximum absolute atomic E-state index is 12.3. The van der Waals surface area contributed by atoms with Gasteiger partial charge >= 0.3 is 5.97 Å². The number of hydrogen-bond donors (Lipinski definition) is 0. The quantitative estimate of drug-likeness (QED) is 0.483. The second-order valence-corrected chi connectivity index (χ2v) is 6.98. The lowest BCUT2D eigenvalue weighted by molar-refractivity contribution is -0.290. The lowest BCUT2D eigenvalue weighted by atomic mass is 9.88. The first-order chi connectivity index (χ1) is 12.1. The summed E-state index contributed by atoms with van der Waals surface area (Å²) in [4.78, 5) is 36.6. The van der Waals surface area contributed by atoms with Crippen molar-refractivity contribution < 1.29 is 28.6 Å². The summed E-state index contributed by atoms with van der Waals surface area (Å²) in [7, 11) is 0. The molecule has 0 aromatic carbocycles. The fourth-order valence-electron chi connectivity index (χ4n) is 2.39. The summed E-state index contributed by atoms with van der Waals surface area (Å²) >= 11 is 0. The molecule has 26 heavy (non-hydrogen) atoms. The molecule has 2 amide bonds. The second-order valence-electron chi connectivity index (χ2n) is 6.98. The standard InChI is InChI=1S/C19H29NO6/c1-7-14(21)20(15(22)8-2)11-16(23)26-19(10-4)12-24-17(25-13-19)18(5,6)9-3/h7-8,17H,1-2,9-13H2,3-6H3. The van der Waals surface area contributed by atoms with Gasteiger partial charge in [0.15, 0.2) is 11.9 Å². The van der Waals surface area contributed by atoms with Crippen molar-refractivity contribution in [3.63, 3.8) is 0 Å². The molecule has 0 aliphatic carbocycles. The monoisotopic (exact) mass is 367 g/mol. The van der Waals surface area contributed by atoms with E-state index in [9.17, 15) is 14.4 Å². The minimum Gasteiger partial charge on any atom is -0.453 e. The Kier molecular flexibility index (Phi) is 7.71. The molecule has 0 spiro atoms. The first kappa shape index (κ1) is 22.1. The molecular weight excluding hydrogens is 338 g/mol. The summed E-state index contributed by atoms with van der Waals surface area (Å²) in [6, 6.07) is 0. The van der Waals surface area contributed by atoms with Gasteiger partial charge in [-0.25, -0.2) is 0 Å². The zero-order valence-electron chi connectivity index (χ0n) is 16.1. The highest BCUT2D eigenvalue weighted by Crippen LogP contribution is 2.34. The molecule has 0 radical (unpaired) electrons. The first-order valence-electron chi connectivity index (χ1n) is 8.70. The van der Waals surface area contributed by atoms with Crippen molar-refractivity contribution in [3.05, 3.63) is 25.3 Å². The van der Waals surface area contributed by atoms with Gasteiger partial charge in [-0.3, -0.25) is 19.3 Å². The normalized spacial score (nSPS) is 23.0. The van der Waals surface area contributed by atoms with Crippen LogP contribution in [0.4, 0.5) is 0 Å². The smallest absolute Gasteiger partial charge is 0.326 e. The Hall–Kier alpha value is -1.99. The van der Waals surface area contributed by atoms with Crippen LogP contribution in [0, 0.1) is 5.41 Å². The van der Waals surface area contributed by atoms with Crippen LogP contribution < -0.4 is 0 Å².